The summed E-state index contributed by atoms with van der Waals surface area (Å²) in [6, 6.07) is 8.28. The van der Waals surface area contributed by atoms with Gasteiger partial charge in [-0.05, 0) is 81.3 Å². The zero-order valence-corrected chi connectivity index (χ0v) is 16.0. The molecule has 1 saturated carbocycles. The first-order valence-corrected chi connectivity index (χ1v) is 10.4. The molecule has 0 amide bonds. The number of rotatable bonds is 4. The summed E-state index contributed by atoms with van der Waals surface area (Å²) in [6.07, 6.45) is 9.77. The molecule has 3 aliphatic heterocycles. The Labute approximate surface area is 160 Å². The first-order valence-electron chi connectivity index (χ1n) is 10.4. The standard InChI is InChI=1S/C23H28N2O2/c1-2-15-14-25-11-9-16(15)12-22(25)23(26)19-8-10-24-21-7-6-18(13-20(19)21)27-17-4-3-5-17/h2,6-8,10,13,16-17,22-23,26H,3-5,9,11-12,14H2,1H3/b15-2-/t16-,22-,23+/m0/s1. The predicted octanol–water partition coefficient (Wildman–Crippen LogP) is 4.24. The Hall–Kier alpha value is -1.91. The summed E-state index contributed by atoms with van der Waals surface area (Å²) in [5.41, 5.74) is 3.46. The molecular weight excluding hydrogens is 336 g/mol. The Morgan fingerprint density at radius 3 is 2.85 bits per heavy atom. The van der Waals surface area contributed by atoms with Crippen LogP contribution >= 0.6 is 0 Å². The molecule has 6 rings (SSSR count). The second-order valence-corrected chi connectivity index (χ2v) is 8.32. The second-order valence-electron chi connectivity index (χ2n) is 8.32. The van der Waals surface area contributed by atoms with Gasteiger partial charge in [0.2, 0.25) is 0 Å². The smallest absolute Gasteiger partial charge is 0.120 e. The van der Waals surface area contributed by atoms with E-state index in [-0.39, 0.29) is 6.04 Å². The minimum Gasteiger partial charge on any atom is -0.490 e. The molecule has 4 heteroatoms. The molecule has 4 atom stereocenters. The third kappa shape index (κ3) is 3.05. The van der Waals surface area contributed by atoms with E-state index in [1.54, 1.807) is 5.57 Å². The van der Waals surface area contributed by atoms with Crippen molar-refractivity contribution in [2.24, 2.45) is 5.92 Å². The minimum absolute atomic E-state index is 0.189. The first-order chi connectivity index (χ1) is 13.2. The molecule has 1 unspecified atom stereocenters. The number of nitrogens with zero attached hydrogens (tertiary/aromatic N) is 2. The predicted molar refractivity (Wildman–Crippen MR) is 107 cm³/mol. The van der Waals surface area contributed by atoms with Gasteiger partial charge in [0.15, 0.2) is 0 Å². The Morgan fingerprint density at radius 1 is 1.26 bits per heavy atom. The number of fused-ring (bicyclic) bond motifs is 4. The zero-order chi connectivity index (χ0) is 18.4. The normalized spacial score (nSPS) is 30.4. The average Bonchev–Trinajstić information content (AvgIpc) is 2.69. The first kappa shape index (κ1) is 17.2. The highest BCUT2D eigenvalue weighted by molar-refractivity contribution is 5.84. The number of hydrogen-bond acceptors (Lipinski definition) is 4. The quantitative estimate of drug-likeness (QED) is 0.824. The van der Waals surface area contributed by atoms with E-state index in [4.69, 9.17) is 4.74 Å². The fraction of sp³-hybridized carbons (Fsp3) is 0.522. The van der Waals surface area contributed by atoms with Crippen molar-refractivity contribution < 1.29 is 9.84 Å². The molecular formula is C23H28N2O2. The summed E-state index contributed by atoms with van der Waals surface area (Å²) in [5.74, 6) is 1.53. The number of benzene rings is 1. The maximum Gasteiger partial charge on any atom is 0.120 e. The van der Waals surface area contributed by atoms with Gasteiger partial charge in [0.25, 0.3) is 0 Å². The van der Waals surface area contributed by atoms with Crippen molar-refractivity contribution in [2.45, 2.75) is 57.3 Å². The van der Waals surface area contributed by atoms with Crippen molar-refractivity contribution >= 4 is 10.9 Å². The number of aliphatic hydroxyl groups is 1. The van der Waals surface area contributed by atoms with E-state index in [0.29, 0.717) is 12.0 Å². The van der Waals surface area contributed by atoms with Crippen LogP contribution in [-0.4, -0.2) is 40.2 Å². The van der Waals surface area contributed by atoms with E-state index >= 15 is 0 Å². The van der Waals surface area contributed by atoms with Gasteiger partial charge < -0.3 is 9.84 Å². The van der Waals surface area contributed by atoms with Crippen LogP contribution in [0.3, 0.4) is 0 Å². The Kier molecular flexibility index (Phi) is 4.41. The monoisotopic (exact) mass is 364 g/mol. The molecule has 0 radical (unpaired) electrons. The molecule has 3 saturated heterocycles. The van der Waals surface area contributed by atoms with E-state index in [1.165, 1.54) is 12.8 Å². The van der Waals surface area contributed by atoms with Gasteiger partial charge >= 0.3 is 0 Å². The number of ether oxygens (including phenoxy) is 1. The van der Waals surface area contributed by atoms with Crippen molar-refractivity contribution in [3.05, 3.63) is 47.7 Å². The van der Waals surface area contributed by atoms with Crippen LogP contribution in [0.1, 0.15) is 50.7 Å². The van der Waals surface area contributed by atoms with Gasteiger partial charge in [-0.3, -0.25) is 9.88 Å². The highest BCUT2D eigenvalue weighted by atomic mass is 16.5. The molecule has 1 aromatic heterocycles. The third-order valence-electron chi connectivity index (χ3n) is 6.83. The topological polar surface area (TPSA) is 45.6 Å². The summed E-state index contributed by atoms with van der Waals surface area (Å²) in [4.78, 5) is 6.97. The van der Waals surface area contributed by atoms with Crippen LogP contribution in [0, 0.1) is 5.92 Å². The number of piperidine rings is 3. The van der Waals surface area contributed by atoms with Crippen LogP contribution in [0.5, 0.6) is 5.75 Å². The lowest BCUT2D eigenvalue weighted by atomic mass is 9.76. The number of pyridine rings is 1. The fourth-order valence-electron chi connectivity index (χ4n) is 4.96. The SMILES string of the molecule is C/C=C1/CN2CC[C@H]1C[C@H]2[C@H](O)c1ccnc2ccc(OC3CCC3)cc12. The number of aromatic nitrogens is 1. The average molecular weight is 364 g/mol. The maximum absolute atomic E-state index is 11.3. The van der Waals surface area contributed by atoms with Crippen molar-refractivity contribution in [3.63, 3.8) is 0 Å². The van der Waals surface area contributed by atoms with Gasteiger partial charge in [-0.25, -0.2) is 0 Å². The van der Waals surface area contributed by atoms with Crippen molar-refractivity contribution in [2.75, 3.05) is 13.1 Å². The zero-order valence-electron chi connectivity index (χ0n) is 16.0. The Morgan fingerprint density at radius 2 is 2.15 bits per heavy atom. The van der Waals surface area contributed by atoms with E-state index in [1.807, 2.05) is 24.4 Å². The highest BCUT2D eigenvalue weighted by Gasteiger charge is 2.40. The third-order valence-corrected chi connectivity index (χ3v) is 6.83. The molecule has 4 aliphatic rings. The van der Waals surface area contributed by atoms with Crippen LogP contribution in [0.15, 0.2) is 42.1 Å². The van der Waals surface area contributed by atoms with Crippen molar-refractivity contribution in [3.8, 4) is 5.75 Å². The van der Waals surface area contributed by atoms with Crippen LogP contribution in [0.4, 0.5) is 0 Å². The van der Waals surface area contributed by atoms with E-state index in [2.05, 4.69) is 29.0 Å². The van der Waals surface area contributed by atoms with Crippen LogP contribution in [-0.2, 0) is 0 Å². The van der Waals surface area contributed by atoms with Crippen molar-refractivity contribution in [1.82, 2.24) is 9.88 Å². The lowest BCUT2D eigenvalue weighted by Crippen LogP contribution is -2.52. The van der Waals surface area contributed by atoms with Gasteiger partial charge in [0, 0.05) is 24.2 Å². The summed E-state index contributed by atoms with van der Waals surface area (Å²) in [7, 11) is 0. The number of aliphatic hydroxyl groups excluding tert-OH is 1. The van der Waals surface area contributed by atoms with E-state index in [0.717, 1.165) is 54.6 Å². The minimum atomic E-state index is -0.490. The summed E-state index contributed by atoms with van der Waals surface area (Å²) in [5, 5.41) is 12.3. The summed E-state index contributed by atoms with van der Waals surface area (Å²) in [6.45, 7) is 4.23. The second kappa shape index (κ2) is 6.92. The molecule has 1 aromatic carbocycles. The Balaban J connectivity index is 1.45. The molecule has 2 aromatic rings. The molecule has 142 valence electrons. The molecule has 27 heavy (non-hydrogen) atoms. The largest absolute Gasteiger partial charge is 0.490 e. The molecule has 2 bridgehead atoms. The fourth-order valence-corrected chi connectivity index (χ4v) is 4.96. The van der Waals surface area contributed by atoms with E-state index in [9.17, 15) is 5.11 Å². The molecule has 1 aliphatic carbocycles. The summed E-state index contributed by atoms with van der Waals surface area (Å²) >= 11 is 0. The maximum atomic E-state index is 11.3. The lowest BCUT2D eigenvalue weighted by molar-refractivity contribution is -0.00340. The molecule has 4 fully saturated rings. The van der Waals surface area contributed by atoms with E-state index < -0.39 is 6.10 Å². The Bertz CT molecular complexity index is 874. The van der Waals surface area contributed by atoms with Gasteiger partial charge in [-0.15, -0.1) is 0 Å². The van der Waals surface area contributed by atoms with Gasteiger partial charge in [-0.2, -0.15) is 0 Å². The molecule has 0 spiro atoms. The summed E-state index contributed by atoms with van der Waals surface area (Å²) < 4.78 is 6.09. The molecule has 1 N–H and O–H groups in total. The number of hydrogen-bond donors (Lipinski definition) is 1. The van der Waals surface area contributed by atoms with Gasteiger partial charge in [0.1, 0.15) is 5.75 Å². The van der Waals surface area contributed by atoms with Crippen molar-refractivity contribution in [1.29, 1.82) is 0 Å². The molecule has 4 nitrogen and oxygen atoms in total. The van der Waals surface area contributed by atoms with Crippen LogP contribution in [0.2, 0.25) is 0 Å². The number of allylic oxidation sites excluding steroid dienone is 1. The highest BCUT2D eigenvalue weighted by Crippen LogP contribution is 2.41. The van der Waals surface area contributed by atoms with Crippen LogP contribution < -0.4 is 4.74 Å². The van der Waals surface area contributed by atoms with Crippen LogP contribution in [0.25, 0.3) is 10.9 Å². The van der Waals surface area contributed by atoms with Gasteiger partial charge in [-0.1, -0.05) is 11.6 Å². The van der Waals surface area contributed by atoms with Gasteiger partial charge in [0.05, 0.1) is 17.7 Å². The molecule has 4 heterocycles. The lowest BCUT2D eigenvalue weighted by Gasteiger charge is -2.48.